The van der Waals surface area contributed by atoms with E-state index in [0.717, 1.165) is 22.3 Å². The van der Waals surface area contributed by atoms with Gasteiger partial charge in [0.05, 0.1) is 17.2 Å². The van der Waals surface area contributed by atoms with Crippen LogP contribution < -0.4 is 14.2 Å². The normalized spacial score (nSPS) is 10.5. The maximum atomic E-state index is 11.7. The number of hydrogen-bond donors (Lipinski definition) is 0. The lowest BCUT2D eigenvalue weighted by Gasteiger charge is -2.17. The van der Waals surface area contributed by atoms with E-state index >= 15 is 0 Å². The number of carbonyl (C=O) groups is 2. The number of aromatic nitrogens is 1. The Labute approximate surface area is 248 Å². The van der Waals surface area contributed by atoms with Crippen molar-refractivity contribution >= 4 is 35.8 Å². The Hall–Kier alpha value is -4.38. The van der Waals surface area contributed by atoms with Crippen LogP contribution in [0.5, 0.6) is 17.2 Å². The van der Waals surface area contributed by atoms with Crippen LogP contribution in [0.4, 0.5) is 0 Å². The van der Waals surface area contributed by atoms with Crippen LogP contribution in [0.15, 0.2) is 67.0 Å². The number of nitrogens with zero attached hydrogens (tertiary/aromatic N) is 2. The zero-order valence-corrected chi connectivity index (χ0v) is 23.7. The molecule has 0 fully saturated rings. The molecule has 7 nitrogen and oxygen atoms in total. The van der Waals surface area contributed by atoms with Crippen molar-refractivity contribution < 1.29 is 23.8 Å². The highest BCUT2D eigenvalue weighted by atomic mass is 35.5. The summed E-state index contributed by atoms with van der Waals surface area (Å²) >= 11 is 12.2. The fourth-order valence-electron chi connectivity index (χ4n) is 4.20. The zero-order chi connectivity index (χ0) is 29.2. The van der Waals surface area contributed by atoms with Crippen molar-refractivity contribution in [1.29, 1.82) is 5.26 Å². The zero-order valence-electron chi connectivity index (χ0n) is 22.2. The van der Waals surface area contributed by atoms with Gasteiger partial charge in [0.2, 0.25) is 0 Å². The average molecular weight is 589 g/mol. The summed E-state index contributed by atoms with van der Waals surface area (Å²) in [6, 6.07) is 18.3. The van der Waals surface area contributed by atoms with Crippen LogP contribution in [0.3, 0.4) is 0 Å². The maximum absolute atomic E-state index is 11.7. The van der Waals surface area contributed by atoms with Crippen molar-refractivity contribution in [2.75, 3.05) is 12.5 Å². The van der Waals surface area contributed by atoms with Gasteiger partial charge in [0.1, 0.15) is 42.1 Å². The number of alkyl halides is 1. The minimum atomic E-state index is 0.0909. The third-order valence-corrected chi connectivity index (χ3v) is 6.89. The lowest BCUT2D eigenvalue weighted by molar-refractivity contribution is 0.111. The molecule has 0 aliphatic heterocycles. The van der Waals surface area contributed by atoms with Gasteiger partial charge in [-0.3, -0.25) is 14.6 Å². The number of pyridine rings is 1. The van der Waals surface area contributed by atoms with E-state index < -0.39 is 0 Å². The van der Waals surface area contributed by atoms with E-state index in [4.69, 9.17) is 37.4 Å². The van der Waals surface area contributed by atoms with Gasteiger partial charge in [-0.2, -0.15) is 5.26 Å². The van der Waals surface area contributed by atoms with E-state index in [-0.39, 0.29) is 29.5 Å². The fourth-order valence-corrected chi connectivity index (χ4v) is 4.54. The molecular formula is C32H26Cl2N2O5. The number of rotatable bonds is 13. The van der Waals surface area contributed by atoms with Gasteiger partial charge in [-0.1, -0.05) is 41.9 Å². The molecule has 1 heterocycles. The van der Waals surface area contributed by atoms with E-state index in [9.17, 15) is 14.9 Å². The summed E-state index contributed by atoms with van der Waals surface area (Å²) < 4.78 is 17.7. The van der Waals surface area contributed by atoms with Crippen molar-refractivity contribution in [3.8, 4) is 34.4 Å². The van der Waals surface area contributed by atoms with Crippen molar-refractivity contribution in [3.63, 3.8) is 0 Å². The van der Waals surface area contributed by atoms with Crippen molar-refractivity contribution in [2.24, 2.45) is 0 Å². The Bertz CT molecular complexity index is 1600. The highest BCUT2D eigenvalue weighted by molar-refractivity contribution is 6.32. The summed E-state index contributed by atoms with van der Waals surface area (Å²) in [6.07, 6.45) is 5.06. The van der Waals surface area contributed by atoms with E-state index in [1.807, 2.05) is 37.3 Å². The van der Waals surface area contributed by atoms with Gasteiger partial charge in [0, 0.05) is 41.0 Å². The number of benzene rings is 3. The summed E-state index contributed by atoms with van der Waals surface area (Å²) in [6.45, 7) is 2.65. The van der Waals surface area contributed by atoms with Crippen LogP contribution >= 0.6 is 23.2 Å². The molecule has 208 valence electrons. The van der Waals surface area contributed by atoms with Gasteiger partial charge in [-0.15, -0.1) is 11.6 Å². The second kappa shape index (κ2) is 14.3. The first-order chi connectivity index (χ1) is 20.0. The van der Waals surface area contributed by atoms with Crippen molar-refractivity contribution in [2.45, 2.75) is 26.6 Å². The summed E-state index contributed by atoms with van der Waals surface area (Å²) in [7, 11) is 0. The molecule has 9 heteroatoms. The van der Waals surface area contributed by atoms with Gasteiger partial charge in [0.25, 0.3) is 0 Å². The highest BCUT2D eigenvalue weighted by Gasteiger charge is 2.16. The van der Waals surface area contributed by atoms with Crippen LogP contribution in [-0.4, -0.2) is 30.0 Å². The van der Waals surface area contributed by atoms with Gasteiger partial charge in [-0.25, -0.2) is 0 Å². The van der Waals surface area contributed by atoms with E-state index in [2.05, 4.69) is 11.1 Å². The summed E-state index contributed by atoms with van der Waals surface area (Å²) in [4.78, 5) is 26.7. The largest absolute Gasteiger partial charge is 0.492 e. The van der Waals surface area contributed by atoms with Gasteiger partial charge in [0.15, 0.2) is 12.6 Å². The lowest BCUT2D eigenvalue weighted by Crippen LogP contribution is -2.03. The summed E-state index contributed by atoms with van der Waals surface area (Å²) in [5, 5.41) is 10.2. The molecule has 0 spiro atoms. The molecule has 41 heavy (non-hydrogen) atoms. The second-order valence-electron chi connectivity index (χ2n) is 9.03. The topological polar surface area (TPSA) is 98.5 Å². The minimum Gasteiger partial charge on any atom is -0.492 e. The van der Waals surface area contributed by atoms with Crippen molar-refractivity contribution in [3.05, 3.63) is 105 Å². The quantitative estimate of drug-likeness (QED) is 0.0912. The predicted octanol–water partition coefficient (Wildman–Crippen LogP) is 7.37. The molecule has 0 N–H and O–H groups in total. The molecule has 0 aliphatic carbocycles. The first-order valence-electron chi connectivity index (χ1n) is 12.7. The Morgan fingerprint density at radius 3 is 2.44 bits per heavy atom. The third kappa shape index (κ3) is 7.23. The molecule has 0 saturated heterocycles. The van der Waals surface area contributed by atoms with Crippen LogP contribution in [0.1, 0.15) is 49.4 Å². The second-order valence-corrected chi connectivity index (χ2v) is 9.82. The molecule has 0 bridgehead atoms. The molecule has 1 aromatic heterocycles. The first kappa shape index (κ1) is 29.6. The van der Waals surface area contributed by atoms with Gasteiger partial charge >= 0.3 is 0 Å². The number of ether oxygens (including phenoxy) is 3. The monoisotopic (exact) mass is 588 g/mol. The van der Waals surface area contributed by atoms with Crippen LogP contribution in [-0.2, 0) is 13.2 Å². The molecule has 3 aromatic carbocycles. The number of halogens is 2. The van der Waals surface area contributed by atoms with Gasteiger partial charge in [-0.05, 0) is 48.2 Å². The van der Waals surface area contributed by atoms with Crippen LogP contribution in [0.25, 0.3) is 11.1 Å². The Morgan fingerprint density at radius 1 is 0.902 bits per heavy atom. The van der Waals surface area contributed by atoms with Gasteiger partial charge < -0.3 is 14.2 Å². The number of hydrogen-bond acceptors (Lipinski definition) is 7. The van der Waals surface area contributed by atoms with E-state index in [0.29, 0.717) is 59.7 Å². The van der Waals surface area contributed by atoms with Crippen molar-refractivity contribution in [1.82, 2.24) is 4.98 Å². The molecular weight excluding hydrogens is 563 g/mol. The predicted molar refractivity (Wildman–Crippen MR) is 157 cm³/mol. The molecule has 0 amide bonds. The van der Waals surface area contributed by atoms with E-state index in [1.165, 1.54) is 12.3 Å². The first-order valence-corrected chi connectivity index (χ1v) is 13.6. The highest BCUT2D eigenvalue weighted by Crippen LogP contribution is 2.36. The van der Waals surface area contributed by atoms with Crippen LogP contribution in [0, 0.1) is 18.3 Å². The summed E-state index contributed by atoms with van der Waals surface area (Å²) in [5.74, 6) is 1.61. The molecule has 0 saturated carbocycles. The Kier molecular flexibility index (Phi) is 10.3. The third-order valence-electron chi connectivity index (χ3n) is 6.33. The van der Waals surface area contributed by atoms with Crippen LogP contribution in [0.2, 0.25) is 5.02 Å². The summed E-state index contributed by atoms with van der Waals surface area (Å²) in [5.41, 5.74) is 5.25. The number of aldehydes is 2. The fraction of sp³-hybridized carbons (Fsp3) is 0.188. The van der Waals surface area contributed by atoms with E-state index in [1.54, 1.807) is 24.4 Å². The Morgan fingerprint density at radius 2 is 1.68 bits per heavy atom. The molecule has 0 unspecified atom stereocenters. The smallest absolute Gasteiger partial charge is 0.153 e. The Balaban J connectivity index is 1.56. The molecule has 4 aromatic rings. The molecule has 0 atom stereocenters. The standard InChI is InChI=1S/C32H26Cl2N2O5/c1-21-24(5-2-6-26(21)27-7-3-8-30(28(27)14-35)39-10-4-9-33)20-41-32-13-31(25(18-38)12-29(32)34)40-19-23-11-22(17-37)15-36-16-23/h2-3,5-8,11-13,15-18H,4,9-10,19-20H2,1H3. The number of nitriles is 1. The average Bonchev–Trinajstić information content (AvgIpc) is 3.00. The molecule has 0 radical (unpaired) electrons. The number of carbonyl (C=O) groups excluding carboxylic acids is 2. The SMILES string of the molecule is Cc1c(COc2cc(OCc3cncc(C=O)c3)c(C=O)cc2Cl)cccc1-c1cccc(OCCCCl)c1C#N. The molecule has 4 rings (SSSR count). The minimum absolute atomic E-state index is 0.0909. The molecule has 0 aliphatic rings. The maximum Gasteiger partial charge on any atom is 0.153 e. The lowest BCUT2D eigenvalue weighted by atomic mass is 9.93.